The molecule has 0 aliphatic carbocycles. The average molecular weight is 295 g/mol. The topological polar surface area (TPSA) is 41.1 Å². The van der Waals surface area contributed by atoms with E-state index in [1.54, 1.807) is 0 Å². The lowest BCUT2D eigenvalue weighted by molar-refractivity contribution is -0.124. The number of halogens is 1. The van der Waals surface area contributed by atoms with E-state index in [-0.39, 0.29) is 11.4 Å². The fraction of sp³-hybridized carbons (Fsp3) is 0.462. The Labute approximate surface area is 109 Å². The normalized spacial score (nSPS) is 32.1. The summed E-state index contributed by atoms with van der Waals surface area (Å²) in [5.74, 6) is 0.176. The van der Waals surface area contributed by atoms with Crippen molar-refractivity contribution in [2.24, 2.45) is 0 Å². The van der Waals surface area contributed by atoms with Gasteiger partial charge < -0.3 is 5.32 Å². The Hall–Kier alpha value is -0.870. The first-order valence-corrected chi connectivity index (χ1v) is 6.80. The lowest BCUT2D eigenvalue weighted by atomic mass is 9.96. The Morgan fingerprint density at radius 3 is 2.94 bits per heavy atom. The minimum atomic E-state index is -0.299. The second-order valence-corrected chi connectivity index (χ2v) is 5.79. The molecule has 1 amide bonds. The van der Waals surface area contributed by atoms with Crippen molar-refractivity contribution in [3.63, 3.8) is 0 Å². The van der Waals surface area contributed by atoms with Crippen molar-refractivity contribution < 1.29 is 4.79 Å². The molecule has 2 saturated heterocycles. The number of hydrogen-bond acceptors (Lipinski definition) is 2. The zero-order valence-electron chi connectivity index (χ0n) is 9.50. The third-order valence-electron chi connectivity index (χ3n) is 3.83. The van der Waals surface area contributed by atoms with E-state index in [4.69, 9.17) is 0 Å². The van der Waals surface area contributed by atoms with Gasteiger partial charge in [-0.2, -0.15) is 0 Å². The average Bonchev–Trinajstić information content (AvgIpc) is 2.89. The number of carbonyl (C=O) groups excluding carboxylic acids is 1. The summed E-state index contributed by atoms with van der Waals surface area (Å²) in [6, 6.07) is 8.62. The summed E-state index contributed by atoms with van der Waals surface area (Å²) in [7, 11) is 0. The van der Waals surface area contributed by atoms with Crippen molar-refractivity contribution in [3.8, 4) is 0 Å². The summed E-state index contributed by atoms with van der Waals surface area (Å²) in [6.07, 6.45) is 2.89. The van der Waals surface area contributed by atoms with Crippen LogP contribution in [0.2, 0.25) is 0 Å². The highest BCUT2D eigenvalue weighted by molar-refractivity contribution is 9.10. The van der Waals surface area contributed by atoms with Crippen LogP contribution in [0.1, 0.15) is 30.9 Å². The molecule has 2 N–H and O–H groups in total. The Kier molecular flexibility index (Phi) is 2.71. The maximum absolute atomic E-state index is 11.9. The van der Waals surface area contributed by atoms with Gasteiger partial charge in [0.05, 0.1) is 0 Å². The molecule has 90 valence electrons. The molecular weight excluding hydrogens is 280 g/mol. The van der Waals surface area contributed by atoms with Crippen molar-refractivity contribution in [1.82, 2.24) is 10.6 Å². The van der Waals surface area contributed by atoms with Crippen molar-refractivity contribution in [2.45, 2.75) is 30.8 Å². The molecule has 2 aliphatic heterocycles. The van der Waals surface area contributed by atoms with Gasteiger partial charge in [-0.25, -0.2) is 0 Å². The lowest BCUT2D eigenvalue weighted by Crippen LogP contribution is -2.47. The van der Waals surface area contributed by atoms with E-state index >= 15 is 0 Å². The van der Waals surface area contributed by atoms with E-state index in [2.05, 4.69) is 38.7 Å². The second kappa shape index (κ2) is 4.10. The number of benzene rings is 1. The van der Waals surface area contributed by atoms with Crippen LogP contribution in [-0.4, -0.2) is 18.0 Å². The van der Waals surface area contributed by atoms with E-state index in [0.717, 1.165) is 30.3 Å². The SMILES string of the molecule is O=C1NCC[C@]12CC[C@H](c1cccc(Br)c1)N2. The van der Waals surface area contributed by atoms with Crippen LogP contribution < -0.4 is 10.6 Å². The molecule has 2 fully saturated rings. The Morgan fingerprint density at radius 1 is 1.35 bits per heavy atom. The zero-order chi connectivity index (χ0) is 11.9. The highest BCUT2D eigenvalue weighted by atomic mass is 79.9. The lowest BCUT2D eigenvalue weighted by Gasteiger charge is -2.22. The van der Waals surface area contributed by atoms with Crippen LogP contribution in [0.4, 0.5) is 0 Å². The molecule has 0 bridgehead atoms. The molecule has 1 aromatic carbocycles. The van der Waals surface area contributed by atoms with Gasteiger partial charge in [-0.1, -0.05) is 28.1 Å². The molecule has 2 heterocycles. The number of hydrogen-bond donors (Lipinski definition) is 2. The standard InChI is InChI=1S/C13H15BrN2O/c14-10-3-1-2-9(8-10)11-4-5-13(16-11)6-7-15-12(13)17/h1-3,8,11,16H,4-7H2,(H,15,17)/t11-,13-/m1/s1. The first kappa shape index (κ1) is 11.2. The summed E-state index contributed by atoms with van der Waals surface area (Å²) in [5.41, 5.74) is 0.962. The highest BCUT2D eigenvalue weighted by Crippen LogP contribution is 2.37. The number of rotatable bonds is 1. The van der Waals surface area contributed by atoms with Gasteiger partial charge in [-0.15, -0.1) is 0 Å². The molecule has 0 saturated carbocycles. The molecule has 1 aromatic rings. The van der Waals surface area contributed by atoms with Crippen LogP contribution in [0.5, 0.6) is 0 Å². The third-order valence-corrected chi connectivity index (χ3v) is 4.33. The molecule has 17 heavy (non-hydrogen) atoms. The number of nitrogens with one attached hydrogen (secondary N) is 2. The van der Waals surface area contributed by atoms with Crippen LogP contribution in [0.25, 0.3) is 0 Å². The monoisotopic (exact) mass is 294 g/mol. The zero-order valence-corrected chi connectivity index (χ0v) is 11.1. The van der Waals surface area contributed by atoms with Crippen molar-refractivity contribution in [2.75, 3.05) is 6.54 Å². The highest BCUT2D eigenvalue weighted by Gasteiger charge is 2.47. The number of carbonyl (C=O) groups is 1. The summed E-state index contributed by atoms with van der Waals surface area (Å²) < 4.78 is 1.09. The molecule has 3 nitrogen and oxygen atoms in total. The maximum atomic E-state index is 11.9. The van der Waals surface area contributed by atoms with Crippen LogP contribution in [0, 0.1) is 0 Å². The molecule has 2 aliphatic rings. The molecule has 0 radical (unpaired) electrons. The molecule has 3 rings (SSSR count). The first-order valence-electron chi connectivity index (χ1n) is 6.01. The maximum Gasteiger partial charge on any atom is 0.240 e. The fourth-order valence-electron chi connectivity index (χ4n) is 2.89. The minimum absolute atomic E-state index is 0.176. The third kappa shape index (κ3) is 1.89. The predicted molar refractivity (Wildman–Crippen MR) is 69.6 cm³/mol. The summed E-state index contributed by atoms with van der Waals surface area (Å²) >= 11 is 3.49. The molecule has 2 atom stereocenters. The first-order chi connectivity index (χ1) is 8.20. The minimum Gasteiger partial charge on any atom is -0.354 e. The van der Waals surface area contributed by atoms with Gasteiger partial charge >= 0.3 is 0 Å². The van der Waals surface area contributed by atoms with Crippen LogP contribution in [-0.2, 0) is 4.79 Å². The molecule has 0 unspecified atom stereocenters. The van der Waals surface area contributed by atoms with E-state index in [0.29, 0.717) is 6.04 Å². The molecule has 0 aromatic heterocycles. The van der Waals surface area contributed by atoms with Gasteiger partial charge in [-0.3, -0.25) is 10.1 Å². The van der Waals surface area contributed by atoms with E-state index in [1.807, 2.05) is 12.1 Å². The van der Waals surface area contributed by atoms with E-state index in [1.165, 1.54) is 5.56 Å². The Morgan fingerprint density at radius 2 is 2.24 bits per heavy atom. The van der Waals surface area contributed by atoms with Gasteiger partial charge in [0, 0.05) is 17.1 Å². The molecule has 4 heteroatoms. The summed E-state index contributed by atoms with van der Waals surface area (Å²) in [4.78, 5) is 11.9. The Balaban J connectivity index is 1.82. The van der Waals surface area contributed by atoms with Crippen molar-refractivity contribution in [3.05, 3.63) is 34.3 Å². The van der Waals surface area contributed by atoms with Crippen LogP contribution in [0.3, 0.4) is 0 Å². The predicted octanol–water partition coefficient (Wildman–Crippen LogP) is 2.13. The van der Waals surface area contributed by atoms with E-state index in [9.17, 15) is 4.79 Å². The molecule has 1 spiro atoms. The van der Waals surface area contributed by atoms with Gasteiger partial charge in [0.1, 0.15) is 5.54 Å². The van der Waals surface area contributed by atoms with Gasteiger partial charge in [-0.05, 0) is 37.0 Å². The van der Waals surface area contributed by atoms with Crippen molar-refractivity contribution >= 4 is 21.8 Å². The van der Waals surface area contributed by atoms with Crippen LogP contribution >= 0.6 is 15.9 Å². The second-order valence-electron chi connectivity index (χ2n) is 4.88. The van der Waals surface area contributed by atoms with Gasteiger partial charge in [0.2, 0.25) is 5.91 Å². The Bertz CT molecular complexity index is 462. The van der Waals surface area contributed by atoms with Crippen LogP contribution in [0.15, 0.2) is 28.7 Å². The molecular formula is C13H15BrN2O. The van der Waals surface area contributed by atoms with Gasteiger partial charge in [0.15, 0.2) is 0 Å². The summed E-state index contributed by atoms with van der Waals surface area (Å²) in [6.45, 7) is 0.803. The largest absolute Gasteiger partial charge is 0.354 e. The summed E-state index contributed by atoms with van der Waals surface area (Å²) in [5, 5.41) is 6.45. The number of amides is 1. The van der Waals surface area contributed by atoms with Crippen molar-refractivity contribution in [1.29, 1.82) is 0 Å². The quantitative estimate of drug-likeness (QED) is 0.833. The fourth-order valence-corrected chi connectivity index (χ4v) is 3.31. The smallest absolute Gasteiger partial charge is 0.240 e. The van der Waals surface area contributed by atoms with E-state index < -0.39 is 0 Å². The van der Waals surface area contributed by atoms with Gasteiger partial charge in [0.25, 0.3) is 0 Å².